The van der Waals surface area contributed by atoms with Crippen LogP contribution in [0.5, 0.6) is 0 Å². The molecule has 0 unspecified atom stereocenters. The maximum absolute atomic E-state index is 14.3. The van der Waals surface area contributed by atoms with Crippen molar-refractivity contribution in [2.45, 2.75) is 25.2 Å². The molecular formula is C19H20FN7. The molecule has 8 heteroatoms. The number of anilines is 2. The van der Waals surface area contributed by atoms with Gasteiger partial charge in [-0.1, -0.05) is 6.92 Å². The highest BCUT2D eigenvalue weighted by Crippen LogP contribution is 2.47. The van der Waals surface area contributed by atoms with Gasteiger partial charge >= 0.3 is 0 Å². The third-order valence-electron chi connectivity index (χ3n) is 4.95. The topological polar surface area (TPSA) is 102 Å². The summed E-state index contributed by atoms with van der Waals surface area (Å²) in [6.45, 7) is 2.70. The average molecular weight is 365 g/mol. The van der Waals surface area contributed by atoms with E-state index in [2.05, 4.69) is 37.2 Å². The van der Waals surface area contributed by atoms with E-state index in [0.29, 0.717) is 29.8 Å². The number of nitrogens with one attached hydrogen (secondary N) is 1. The lowest BCUT2D eigenvalue weighted by atomic mass is 9.60. The van der Waals surface area contributed by atoms with Crippen molar-refractivity contribution >= 4 is 11.9 Å². The first kappa shape index (κ1) is 17.3. The summed E-state index contributed by atoms with van der Waals surface area (Å²) in [6.07, 6.45) is 8.34. The molecule has 138 valence electrons. The molecule has 0 radical (unpaired) electrons. The first-order valence-corrected chi connectivity index (χ1v) is 8.81. The molecule has 4 rings (SSSR count). The van der Waals surface area contributed by atoms with E-state index >= 15 is 0 Å². The molecule has 3 aromatic rings. The number of hydrogen-bond donors (Lipinski definition) is 2. The van der Waals surface area contributed by atoms with Gasteiger partial charge in [-0.3, -0.25) is 4.98 Å². The standard InChI is InChI=1S/C19H20FN7/c1-12-7-19(8-12,16-14(20)3-2-5-22-16)11-26-18-24-9-13(10-25-18)15-4-6-23-17(21)27-15/h2-6,9-10,12H,7-8,11H2,1H3,(H2,21,23,27)(H,24,25,26)/t12-,19-. The monoisotopic (exact) mass is 365 g/mol. The third kappa shape index (κ3) is 3.42. The number of aromatic nitrogens is 5. The van der Waals surface area contributed by atoms with Gasteiger partial charge in [0.2, 0.25) is 11.9 Å². The molecule has 7 nitrogen and oxygen atoms in total. The lowest BCUT2D eigenvalue weighted by Crippen LogP contribution is -2.47. The van der Waals surface area contributed by atoms with E-state index in [9.17, 15) is 4.39 Å². The van der Waals surface area contributed by atoms with Crippen LogP contribution in [0.3, 0.4) is 0 Å². The SMILES string of the molecule is C[C@H]1C[C@](CNc2ncc(-c3ccnc(N)n3)cn2)(c2ncccc2F)C1. The molecule has 0 saturated heterocycles. The van der Waals surface area contributed by atoms with Crippen molar-refractivity contribution in [3.63, 3.8) is 0 Å². The number of hydrogen-bond acceptors (Lipinski definition) is 7. The molecule has 1 aliphatic rings. The minimum atomic E-state index is -0.325. The molecule has 3 heterocycles. The molecule has 3 N–H and O–H groups in total. The van der Waals surface area contributed by atoms with Gasteiger partial charge in [-0.05, 0) is 37.0 Å². The first-order valence-electron chi connectivity index (χ1n) is 8.81. The molecule has 0 aliphatic heterocycles. The molecule has 27 heavy (non-hydrogen) atoms. The van der Waals surface area contributed by atoms with Crippen LogP contribution in [0.2, 0.25) is 0 Å². The normalized spacial score (nSPS) is 21.5. The number of halogens is 1. The van der Waals surface area contributed by atoms with E-state index in [1.807, 2.05) is 0 Å². The molecule has 0 amide bonds. The molecule has 1 saturated carbocycles. The summed E-state index contributed by atoms with van der Waals surface area (Å²) in [4.78, 5) is 21.0. The van der Waals surface area contributed by atoms with E-state index < -0.39 is 0 Å². The fourth-order valence-electron chi connectivity index (χ4n) is 3.81. The van der Waals surface area contributed by atoms with E-state index in [4.69, 9.17) is 5.73 Å². The molecular weight excluding hydrogens is 345 g/mol. The van der Waals surface area contributed by atoms with E-state index in [-0.39, 0.29) is 17.2 Å². The Bertz CT molecular complexity index is 939. The van der Waals surface area contributed by atoms with Gasteiger partial charge in [0.25, 0.3) is 0 Å². The maximum atomic E-state index is 14.3. The second-order valence-electron chi connectivity index (χ2n) is 7.08. The summed E-state index contributed by atoms with van der Waals surface area (Å²) in [6, 6.07) is 4.83. The van der Waals surface area contributed by atoms with Crippen LogP contribution in [-0.4, -0.2) is 31.5 Å². The average Bonchev–Trinajstić information content (AvgIpc) is 2.65. The van der Waals surface area contributed by atoms with Crippen LogP contribution in [0.1, 0.15) is 25.5 Å². The maximum Gasteiger partial charge on any atom is 0.222 e. The van der Waals surface area contributed by atoms with Gasteiger partial charge in [-0.25, -0.2) is 24.3 Å². The number of rotatable bonds is 5. The zero-order valence-electron chi connectivity index (χ0n) is 14.9. The van der Waals surface area contributed by atoms with Crippen LogP contribution < -0.4 is 11.1 Å². The van der Waals surface area contributed by atoms with E-state index in [1.165, 1.54) is 6.07 Å². The summed E-state index contributed by atoms with van der Waals surface area (Å²) < 4.78 is 14.3. The number of pyridine rings is 1. The Labute approximate surface area is 156 Å². The minimum absolute atomic E-state index is 0.202. The predicted octanol–water partition coefficient (Wildman–Crippen LogP) is 2.83. The zero-order chi connectivity index (χ0) is 18.9. The fourth-order valence-corrected chi connectivity index (χ4v) is 3.81. The first-order chi connectivity index (χ1) is 13.1. The highest BCUT2D eigenvalue weighted by atomic mass is 19.1. The van der Waals surface area contributed by atoms with Crippen molar-refractivity contribution in [3.8, 4) is 11.3 Å². The highest BCUT2D eigenvalue weighted by Gasteiger charge is 2.46. The van der Waals surface area contributed by atoms with Crippen molar-refractivity contribution in [2.75, 3.05) is 17.6 Å². The van der Waals surface area contributed by atoms with Gasteiger partial charge in [0, 0.05) is 42.3 Å². The van der Waals surface area contributed by atoms with Crippen molar-refractivity contribution in [1.29, 1.82) is 0 Å². The summed E-state index contributed by atoms with van der Waals surface area (Å²) in [5, 5.41) is 3.24. The lowest BCUT2D eigenvalue weighted by Gasteiger charge is -2.46. The Kier molecular flexibility index (Phi) is 4.39. The van der Waals surface area contributed by atoms with Crippen LogP contribution in [-0.2, 0) is 5.41 Å². The Morgan fingerprint density at radius 2 is 1.93 bits per heavy atom. The molecule has 0 spiro atoms. The molecule has 3 aromatic heterocycles. The van der Waals surface area contributed by atoms with E-state index in [1.54, 1.807) is 36.9 Å². The van der Waals surface area contributed by atoms with Crippen LogP contribution in [0, 0.1) is 11.7 Å². The Hall–Kier alpha value is -3.16. The third-order valence-corrected chi connectivity index (χ3v) is 4.95. The number of nitrogens with zero attached hydrogens (tertiary/aromatic N) is 5. The van der Waals surface area contributed by atoms with Gasteiger partial charge in [0.15, 0.2) is 0 Å². The van der Waals surface area contributed by atoms with Crippen molar-refractivity contribution in [2.24, 2.45) is 5.92 Å². The van der Waals surface area contributed by atoms with E-state index in [0.717, 1.165) is 18.4 Å². The predicted molar refractivity (Wildman–Crippen MR) is 100 cm³/mol. The van der Waals surface area contributed by atoms with Gasteiger partial charge in [0.05, 0.1) is 11.4 Å². The van der Waals surface area contributed by atoms with Gasteiger partial charge in [0.1, 0.15) is 5.82 Å². The van der Waals surface area contributed by atoms with Crippen LogP contribution >= 0.6 is 0 Å². The number of nitrogens with two attached hydrogens (primary N) is 1. The fraction of sp³-hybridized carbons (Fsp3) is 0.316. The van der Waals surface area contributed by atoms with Crippen molar-refractivity contribution in [1.82, 2.24) is 24.9 Å². The summed E-state index contributed by atoms with van der Waals surface area (Å²) in [7, 11) is 0. The van der Waals surface area contributed by atoms with Crippen LogP contribution in [0.15, 0.2) is 43.0 Å². The highest BCUT2D eigenvalue weighted by molar-refractivity contribution is 5.58. The molecule has 0 bridgehead atoms. The minimum Gasteiger partial charge on any atom is -0.368 e. The molecule has 0 atom stereocenters. The van der Waals surface area contributed by atoms with Gasteiger partial charge < -0.3 is 11.1 Å². The summed E-state index contributed by atoms with van der Waals surface area (Å²) >= 11 is 0. The second kappa shape index (κ2) is 6.86. The smallest absolute Gasteiger partial charge is 0.222 e. The second-order valence-corrected chi connectivity index (χ2v) is 7.08. The molecule has 1 fully saturated rings. The van der Waals surface area contributed by atoms with Crippen LogP contribution in [0.4, 0.5) is 16.3 Å². The zero-order valence-corrected chi connectivity index (χ0v) is 14.9. The quantitative estimate of drug-likeness (QED) is 0.716. The Morgan fingerprint density at radius 3 is 2.59 bits per heavy atom. The molecule has 1 aliphatic carbocycles. The summed E-state index contributed by atoms with van der Waals surface area (Å²) in [5.74, 6) is 0.965. The van der Waals surface area contributed by atoms with Gasteiger partial charge in [-0.15, -0.1) is 0 Å². The Balaban J connectivity index is 1.50. The van der Waals surface area contributed by atoms with Crippen LogP contribution in [0.25, 0.3) is 11.3 Å². The van der Waals surface area contributed by atoms with Crippen molar-refractivity contribution in [3.05, 3.63) is 54.5 Å². The largest absolute Gasteiger partial charge is 0.368 e. The lowest BCUT2D eigenvalue weighted by molar-refractivity contribution is 0.159. The van der Waals surface area contributed by atoms with Crippen molar-refractivity contribution < 1.29 is 4.39 Å². The van der Waals surface area contributed by atoms with Gasteiger partial charge in [-0.2, -0.15) is 0 Å². The summed E-state index contributed by atoms with van der Waals surface area (Å²) in [5.41, 5.74) is 7.21. The number of nitrogen functional groups attached to an aromatic ring is 1. The Morgan fingerprint density at radius 1 is 1.15 bits per heavy atom. The molecule has 0 aromatic carbocycles.